The number of nitrogens with one attached hydrogen (secondary N) is 2. The smallest absolute Gasteiger partial charge is 0.275 e. The molecule has 0 fully saturated rings. The maximum Gasteiger partial charge on any atom is 0.275 e. The third-order valence-corrected chi connectivity index (χ3v) is 3.14. The van der Waals surface area contributed by atoms with E-state index in [0.29, 0.717) is 36.2 Å². The topological polar surface area (TPSA) is 94.6 Å². The number of carbonyl (C=O) groups is 1. The summed E-state index contributed by atoms with van der Waals surface area (Å²) in [5, 5.41) is 5.77. The molecule has 0 saturated heterocycles. The number of methoxy groups -OCH3 is 3. The highest BCUT2D eigenvalue weighted by molar-refractivity contribution is 6.02. The van der Waals surface area contributed by atoms with Crippen molar-refractivity contribution in [2.45, 2.75) is 0 Å². The zero-order valence-corrected chi connectivity index (χ0v) is 13.8. The van der Waals surface area contributed by atoms with E-state index in [1.807, 2.05) is 0 Å². The highest BCUT2D eigenvalue weighted by atomic mass is 16.5. The lowest BCUT2D eigenvalue weighted by atomic mass is 10.2. The summed E-state index contributed by atoms with van der Waals surface area (Å²) in [6.45, 7) is 1.17. The maximum atomic E-state index is 12.2. The Balaban J connectivity index is 2.01. The fourth-order valence-corrected chi connectivity index (χ4v) is 1.93. The van der Waals surface area contributed by atoms with Crippen molar-refractivity contribution in [2.75, 3.05) is 45.1 Å². The first-order valence-corrected chi connectivity index (χ1v) is 7.26. The van der Waals surface area contributed by atoms with Crippen molar-refractivity contribution in [2.24, 2.45) is 0 Å². The monoisotopic (exact) mass is 332 g/mol. The van der Waals surface area contributed by atoms with Crippen LogP contribution >= 0.6 is 0 Å². The first kappa shape index (κ1) is 17.5. The standard InChI is InChI=1S/C16H20N4O4/c1-22-7-6-17-15-10-18-12(9-19-15)16(21)20-11-4-5-13(23-2)14(8-11)24-3/h4-5,8-10H,6-7H2,1-3H3,(H,17,19)(H,20,21). The molecular formula is C16H20N4O4. The Morgan fingerprint density at radius 2 is 1.88 bits per heavy atom. The van der Waals surface area contributed by atoms with Gasteiger partial charge in [-0.3, -0.25) is 4.79 Å². The summed E-state index contributed by atoms with van der Waals surface area (Å²) in [4.78, 5) is 20.4. The molecule has 0 unspecified atom stereocenters. The van der Waals surface area contributed by atoms with Gasteiger partial charge in [-0.05, 0) is 12.1 Å². The van der Waals surface area contributed by atoms with E-state index in [4.69, 9.17) is 14.2 Å². The Kier molecular flexibility index (Phi) is 6.32. The Morgan fingerprint density at radius 1 is 1.08 bits per heavy atom. The van der Waals surface area contributed by atoms with E-state index in [1.54, 1.807) is 32.4 Å². The maximum absolute atomic E-state index is 12.2. The SMILES string of the molecule is COCCNc1cnc(C(=O)Nc2ccc(OC)c(OC)c2)cn1. The third kappa shape index (κ3) is 4.56. The number of nitrogens with zero attached hydrogens (tertiary/aromatic N) is 2. The number of hydrogen-bond acceptors (Lipinski definition) is 7. The van der Waals surface area contributed by atoms with E-state index >= 15 is 0 Å². The van der Waals surface area contributed by atoms with E-state index in [1.165, 1.54) is 19.5 Å². The van der Waals surface area contributed by atoms with Gasteiger partial charge >= 0.3 is 0 Å². The summed E-state index contributed by atoms with van der Waals surface area (Å²) in [5.41, 5.74) is 0.781. The van der Waals surface area contributed by atoms with Crippen LogP contribution in [0.2, 0.25) is 0 Å². The quantitative estimate of drug-likeness (QED) is 0.712. The van der Waals surface area contributed by atoms with Gasteiger partial charge in [0.2, 0.25) is 0 Å². The van der Waals surface area contributed by atoms with Crippen LogP contribution in [-0.4, -0.2) is 50.4 Å². The third-order valence-electron chi connectivity index (χ3n) is 3.14. The second-order valence-electron chi connectivity index (χ2n) is 4.73. The first-order valence-electron chi connectivity index (χ1n) is 7.26. The number of aromatic nitrogens is 2. The molecule has 24 heavy (non-hydrogen) atoms. The summed E-state index contributed by atoms with van der Waals surface area (Å²) in [6, 6.07) is 5.10. The lowest BCUT2D eigenvalue weighted by molar-refractivity contribution is 0.102. The molecule has 0 atom stereocenters. The molecule has 2 N–H and O–H groups in total. The van der Waals surface area contributed by atoms with Crippen molar-refractivity contribution in [1.29, 1.82) is 0 Å². The Labute approximate surface area is 140 Å². The molecule has 8 heteroatoms. The van der Waals surface area contributed by atoms with Crippen LogP contribution in [0.5, 0.6) is 11.5 Å². The lowest BCUT2D eigenvalue weighted by Crippen LogP contribution is -2.15. The molecule has 0 saturated carbocycles. The lowest BCUT2D eigenvalue weighted by Gasteiger charge is -2.10. The van der Waals surface area contributed by atoms with Gasteiger partial charge in [0.25, 0.3) is 5.91 Å². The number of anilines is 2. The van der Waals surface area contributed by atoms with Crippen molar-refractivity contribution in [3.05, 3.63) is 36.3 Å². The molecule has 0 aliphatic heterocycles. The van der Waals surface area contributed by atoms with E-state index in [9.17, 15) is 4.79 Å². The van der Waals surface area contributed by atoms with E-state index in [-0.39, 0.29) is 11.6 Å². The van der Waals surface area contributed by atoms with E-state index < -0.39 is 0 Å². The van der Waals surface area contributed by atoms with Crippen LogP contribution in [0.15, 0.2) is 30.6 Å². The van der Waals surface area contributed by atoms with Crippen LogP contribution in [0.4, 0.5) is 11.5 Å². The van der Waals surface area contributed by atoms with Gasteiger partial charge in [-0.2, -0.15) is 0 Å². The van der Waals surface area contributed by atoms with Crippen LogP contribution in [0.1, 0.15) is 10.5 Å². The minimum atomic E-state index is -0.363. The van der Waals surface area contributed by atoms with E-state index in [2.05, 4.69) is 20.6 Å². The highest BCUT2D eigenvalue weighted by Gasteiger charge is 2.11. The molecule has 2 aromatic rings. The molecule has 0 bridgehead atoms. The highest BCUT2D eigenvalue weighted by Crippen LogP contribution is 2.29. The Bertz CT molecular complexity index is 676. The molecular weight excluding hydrogens is 312 g/mol. The van der Waals surface area contributed by atoms with Gasteiger partial charge in [0.15, 0.2) is 11.5 Å². The molecule has 128 valence electrons. The number of amides is 1. The molecule has 2 rings (SSSR count). The average molecular weight is 332 g/mol. The zero-order valence-electron chi connectivity index (χ0n) is 13.8. The fourth-order valence-electron chi connectivity index (χ4n) is 1.93. The van der Waals surface area contributed by atoms with Gasteiger partial charge in [-0.1, -0.05) is 0 Å². The molecule has 0 aliphatic rings. The van der Waals surface area contributed by atoms with Gasteiger partial charge in [0.05, 0.1) is 33.2 Å². The minimum Gasteiger partial charge on any atom is -0.493 e. The molecule has 0 spiro atoms. The number of rotatable bonds is 8. The minimum absolute atomic E-state index is 0.210. The summed E-state index contributed by atoms with van der Waals surface area (Å²) in [6.07, 6.45) is 2.91. The summed E-state index contributed by atoms with van der Waals surface area (Å²) < 4.78 is 15.3. The molecule has 0 radical (unpaired) electrons. The molecule has 8 nitrogen and oxygen atoms in total. The molecule has 0 aliphatic carbocycles. The normalized spacial score (nSPS) is 10.1. The Hall–Kier alpha value is -2.87. The van der Waals surface area contributed by atoms with E-state index in [0.717, 1.165) is 0 Å². The van der Waals surface area contributed by atoms with Crippen molar-refractivity contribution >= 4 is 17.4 Å². The predicted octanol–water partition coefficient (Wildman–Crippen LogP) is 1.80. The second kappa shape index (κ2) is 8.68. The fraction of sp³-hybridized carbons (Fsp3) is 0.312. The van der Waals surface area contributed by atoms with Crippen LogP contribution in [0.25, 0.3) is 0 Å². The predicted molar refractivity (Wildman–Crippen MR) is 89.9 cm³/mol. The molecule has 1 aromatic carbocycles. The summed E-state index contributed by atoms with van der Waals surface area (Å²) >= 11 is 0. The number of hydrogen-bond donors (Lipinski definition) is 2. The number of benzene rings is 1. The molecule has 1 aromatic heterocycles. The number of ether oxygens (including phenoxy) is 3. The molecule has 1 heterocycles. The first-order chi connectivity index (χ1) is 11.7. The summed E-state index contributed by atoms with van der Waals surface area (Å²) in [7, 11) is 4.70. The Morgan fingerprint density at radius 3 is 2.50 bits per heavy atom. The van der Waals surface area contributed by atoms with Crippen molar-refractivity contribution in [3.8, 4) is 11.5 Å². The van der Waals surface area contributed by atoms with Crippen LogP contribution in [-0.2, 0) is 4.74 Å². The molecule has 1 amide bonds. The van der Waals surface area contributed by atoms with Crippen LogP contribution in [0, 0.1) is 0 Å². The van der Waals surface area contributed by atoms with Crippen molar-refractivity contribution in [3.63, 3.8) is 0 Å². The van der Waals surface area contributed by atoms with Crippen molar-refractivity contribution in [1.82, 2.24) is 9.97 Å². The van der Waals surface area contributed by atoms with Crippen molar-refractivity contribution < 1.29 is 19.0 Å². The largest absolute Gasteiger partial charge is 0.493 e. The van der Waals surface area contributed by atoms with Gasteiger partial charge in [-0.15, -0.1) is 0 Å². The van der Waals surface area contributed by atoms with Crippen LogP contribution in [0.3, 0.4) is 0 Å². The van der Waals surface area contributed by atoms with Gasteiger partial charge < -0.3 is 24.8 Å². The van der Waals surface area contributed by atoms with Gasteiger partial charge in [0, 0.05) is 25.4 Å². The zero-order chi connectivity index (χ0) is 17.4. The van der Waals surface area contributed by atoms with Gasteiger partial charge in [0.1, 0.15) is 11.5 Å². The second-order valence-corrected chi connectivity index (χ2v) is 4.73. The van der Waals surface area contributed by atoms with Gasteiger partial charge in [-0.25, -0.2) is 9.97 Å². The number of carbonyl (C=O) groups excluding carboxylic acids is 1. The summed E-state index contributed by atoms with van der Waals surface area (Å²) in [5.74, 6) is 1.33. The average Bonchev–Trinajstić information content (AvgIpc) is 2.62. The van der Waals surface area contributed by atoms with Crippen LogP contribution < -0.4 is 20.1 Å².